The van der Waals surface area contributed by atoms with Gasteiger partial charge in [-0.3, -0.25) is 4.90 Å². The van der Waals surface area contributed by atoms with Gasteiger partial charge in [-0.15, -0.1) is 0 Å². The van der Waals surface area contributed by atoms with Gasteiger partial charge < -0.3 is 14.4 Å². The molecule has 3 heterocycles. The largest absolute Gasteiger partial charge is 0.339 e. The smallest absolute Gasteiger partial charge is 0.240 e. The second-order valence-electron chi connectivity index (χ2n) is 6.74. The van der Waals surface area contributed by atoms with Crippen LogP contribution in [-0.2, 0) is 19.5 Å². The van der Waals surface area contributed by atoms with Crippen molar-refractivity contribution in [2.24, 2.45) is 0 Å². The van der Waals surface area contributed by atoms with E-state index in [4.69, 9.17) is 9.05 Å². The predicted molar refractivity (Wildman–Crippen MR) is 85.1 cm³/mol. The summed E-state index contributed by atoms with van der Waals surface area (Å²) in [5.41, 5.74) is 0. The van der Waals surface area contributed by atoms with E-state index in [2.05, 4.69) is 30.5 Å². The molecule has 0 unspecified atom stereocenters. The van der Waals surface area contributed by atoms with E-state index in [1.807, 2.05) is 6.92 Å². The first-order valence-corrected chi connectivity index (χ1v) is 8.90. The summed E-state index contributed by atoms with van der Waals surface area (Å²) >= 11 is 0. The van der Waals surface area contributed by atoms with E-state index in [-0.39, 0.29) is 0 Å². The molecule has 1 N–H and O–H groups in total. The Kier molecular flexibility index (Phi) is 4.57. The van der Waals surface area contributed by atoms with E-state index in [1.54, 1.807) is 0 Å². The van der Waals surface area contributed by atoms with Crippen LogP contribution in [0.25, 0.3) is 0 Å². The third-order valence-electron chi connectivity index (χ3n) is 4.65. The number of hydrogen-bond acceptors (Lipinski definition) is 8. The standard InChI is InChI=1S/C16H24N6O2/c1-2-13-18-15(23-20-13)8-17-12-4-3-7-22(9-12)10-14-19-16(24-21-14)11-5-6-11/h11-12,17H,2-10H2,1H3/t12-/m0/s1. The van der Waals surface area contributed by atoms with Crippen molar-refractivity contribution in [3.63, 3.8) is 0 Å². The second kappa shape index (κ2) is 6.98. The molecule has 2 aromatic rings. The van der Waals surface area contributed by atoms with Gasteiger partial charge in [-0.25, -0.2) is 0 Å². The highest BCUT2D eigenvalue weighted by atomic mass is 16.5. The van der Waals surface area contributed by atoms with Crippen LogP contribution in [0.3, 0.4) is 0 Å². The monoisotopic (exact) mass is 332 g/mol. The van der Waals surface area contributed by atoms with Gasteiger partial charge >= 0.3 is 0 Å². The van der Waals surface area contributed by atoms with Crippen molar-refractivity contribution in [2.45, 2.75) is 64.1 Å². The van der Waals surface area contributed by atoms with Crippen molar-refractivity contribution in [2.75, 3.05) is 13.1 Å². The van der Waals surface area contributed by atoms with Crippen LogP contribution in [0.1, 0.15) is 62.0 Å². The number of aryl methyl sites for hydroxylation is 1. The minimum Gasteiger partial charge on any atom is -0.339 e. The number of nitrogens with one attached hydrogen (secondary N) is 1. The van der Waals surface area contributed by atoms with Crippen LogP contribution < -0.4 is 5.32 Å². The van der Waals surface area contributed by atoms with Crippen molar-refractivity contribution in [1.82, 2.24) is 30.5 Å². The topological polar surface area (TPSA) is 93.1 Å². The lowest BCUT2D eigenvalue weighted by molar-refractivity contribution is 0.174. The number of hydrogen-bond donors (Lipinski definition) is 1. The summed E-state index contributed by atoms with van der Waals surface area (Å²) in [5, 5.41) is 11.6. The molecule has 2 aromatic heterocycles. The molecule has 1 saturated carbocycles. The zero-order valence-corrected chi connectivity index (χ0v) is 14.1. The Labute approximate surface area is 141 Å². The Balaban J connectivity index is 1.26. The average Bonchev–Trinajstić information content (AvgIpc) is 3.17. The minimum atomic E-state index is 0.422. The van der Waals surface area contributed by atoms with Crippen LogP contribution >= 0.6 is 0 Å². The quantitative estimate of drug-likeness (QED) is 0.818. The molecule has 4 rings (SSSR count). The molecule has 24 heavy (non-hydrogen) atoms. The third-order valence-corrected chi connectivity index (χ3v) is 4.65. The van der Waals surface area contributed by atoms with Crippen molar-refractivity contribution in [3.8, 4) is 0 Å². The van der Waals surface area contributed by atoms with Crippen molar-refractivity contribution in [1.29, 1.82) is 0 Å². The first-order valence-electron chi connectivity index (χ1n) is 8.90. The molecule has 0 spiro atoms. The van der Waals surface area contributed by atoms with E-state index < -0.39 is 0 Å². The molecule has 0 bridgehead atoms. The molecular formula is C16H24N6O2. The van der Waals surface area contributed by atoms with Crippen LogP contribution in [0.2, 0.25) is 0 Å². The SMILES string of the molecule is CCc1noc(CN[C@H]2CCCN(Cc3noc(C4CC4)n3)C2)n1. The number of rotatable bonds is 7. The van der Waals surface area contributed by atoms with Crippen LogP contribution in [0.5, 0.6) is 0 Å². The highest BCUT2D eigenvalue weighted by Crippen LogP contribution is 2.38. The average molecular weight is 332 g/mol. The van der Waals surface area contributed by atoms with E-state index in [9.17, 15) is 0 Å². The van der Waals surface area contributed by atoms with Gasteiger partial charge in [0.15, 0.2) is 11.6 Å². The Bertz CT molecular complexity index is 665. The van der Waals surface area contributed by atoms with Gasteiger partial charge in [0.1, 0.15) is 0 Å². The zero-order chi connectivity index (χ0) is 16.4. The fraction of sp³-hybridized carbons (Fsp3) is 0.750. The fourth-order valence-corrected chi connectivity index (χ4v) is 3.13. The van der Waals surface area contributed by atoms with Gasteiger partial charge in [0, 0.05) is 24.9 Å². The van der Waals surface area contributed by atoms with Crippen molar-refractivity contribution in [3.05, 3.63) is 23.4 Å². The first-order chi connectivity index (χ1) is 11.8. The maximum atomic E-state index is 5.34. The molecule has 8 heteroatoms. The fourth-order valence-electron chi connectivity index (χ4n) is 3.13. The Morgan fingerprint density at radius 2 is 2.00 bits per heavy atom. The molecule has 1 saturated heterocycles. The molecule has 2 fully saturated rings. The van der Waals surface area contributed by atoms with Crippen LogP contribution in [0, 0.1) is 0 Å². The van der Waals surface area contributed by atoms with Crippen LogP contribution in [-0.4, -0.2) is 44.3 Å². The predicted octanol–water partition coefficient (Wildman–Crippen LogP) is 1.65. The van der Waals surface area contributed by atoms with Gasteiger partial charge in [0.2, 0.25) is 11.8 Å². The van der Waals surface area contributed by atoms with Crippen LogP contribution in [0.4, 0.5) is 0 Å². The summed E-state index contributed by atoms with van der Waals surface area (Å²) in [6.45, 7) is 5.45. The summed E-state index contributed by atoms with van der Waals surface area (Å²) in [6.07, 6.45) is 5.49. The van der Waals surface area contributed by atoms with Crippen LogP contribution in [0.15, 0.2) is 9.05 Å². The summed E-state index contributed by atoms with van der Waals surface area (Å²) < 4.78 is 10.6. The van der Waals surface area contributed by atoms with E-state index in [0.29, 0.717) is 24.4 Å². The normalized spacial score (nSPS) is 22.1. The number of aromatic nitrogens is 4. The lowest BCUT2D eigenvalue weighted by atomic mass is 10.1. The Morgan fingerprint density at radius 3 is 2.79 bits per heavy atom. The van der Waals surface area contributed by atoms with Gasteiger partial charge in [-0.05, 0) is 32.2 Å². The molecule has 0 radical (unpaired) electrons. The van der Waals surface area contributed by atoms with Gasteiger partial charge in [-0.1, -0.05) is 17.2 Å². The minimum absolute atomic E-state index is 0.422. The Morgan fingerprint density at radius 1 is 1.12 bits per heavy atom. The molecule has 130 valence electrons. The number of nitrogens with zero attached hydrogens (tertiary/aromatic N) is 5. The summed E-state index contributed by atoms with van der Waals surface area (Å²) in [6, 6.07) is 0.422. The van der Waals surface area contributed by atoms with Crippen molar-refractivity contribution >= 4 is 0 Å². The summed E-state index contributed by atoms with van der Waals surface area (Å²) in [7, 11) is 0. The van der Waals surface area contributed by atoms with Gasteiger partial charge in [-0.2, -0.15) is 9.97 Å². The Hall–Kier alpha value is -1.80. The first kappa shape index (κ1) is 15.7. The number of piperidine rings is 1. The molecule has 1 aliphatic carbocycles. The molecule has 8 nitrogen and oxygen atoms in total. The highest BCUT2D eigenvalue weighted by Gasteiger charge is 2.30. The second-order valence-corrected chi connectivity index (χ2v) is 6.74. The molecule has 1 aliphatic heterocycles. The van der Waals surface area contributed by atoms with E-state index >= 15 is 0 Å². The lowest BCUT2D eigenvalue weighted by Crippen LogP contribution is -2.45. The maximum Gasteiger partial charge on any atom is 0.240 e. The van der Waals surface area contributed by atoms with Gasteiger partial charge in [0.25, 0.3) is 0 Å². The molecule has 1 atom stereocenters. The third kappa shape index (κ3) is 3.81. The molecule has 0 aromatic carbocycles. The van der Waals surface area contributed by atoms with Gasteiger partial charge in [0.05, 0.1) is 13.1 Å². The number of likely N-dealkylation sites (tertiary alicyclic amines) is 1. The zero-order valence-electron chi connectivity index (χ0n) is 14.1. The van der Waals surface area contributed by atoms with E-state index in [1.165, 1.54) is 12.8 Å². The highest BCUT2D eigenvalue weighted by molar-refractivity contribution is 5.01. The molecule has 0 amide bonds. The summed E-state index contributed by atoms with van der Waals surface area (Å²) in [5.74, 6) is 3.57. The van der Waals surface area contributed by atoms with Crippen molar-refractivity contribution < 1.29 is 9.05 Å². The molecular weight excluding hydrogens is 308 g/mol. The van der Waals surface area contributed by atoms with E-state index in [0.717, 1.165) is 56.4 Å². The lowest BCUT2D eigenvalue weighted by Gasteiger charge is -2.32. The summed E-state index contributed by atoms with van der Waals surface area (Å²) in [4.78, 5) is 11.2. The maximum absolute atomic E-state index is 5.34. The molecule has 2 aliphatic rings.